The van der Waals surface area contributed by atoms with Gasteiger partial charge in [-0.25, -0.2) is 8.42 Å². The van der Waals surface area contributed by atoms with Crippen LogP contribution in [-0.4, -0.2) is 32.4 Å². The van der Waals surface area contributed by atoms with Gasteiger partial charge in [0.25, 0.3) is 0 Å². The minimum Gasteiger partial charge on any atom is -0.311 e. The Morgan fingerprint density at radius 3 is 2.75 bits per heavy atom. The molecule has 1 heterocycles. The molecule has 1 aliphatic heterocycles. The summed E-state index contributed by atoms with van der Waals surface area (Å²) in [6.07, 6.45) is 0.233. The van der Waals surface area contributed by atoms with E-state index in [0.717, 1.165) is 16.3 Å². The highest BCUT2D eigenvalue weighted by Gasteiger charge is 2.33. The van der Waals surface area contributed by atoms with Crippen molar-refractivity contribution in [1.82, 2.24) is 0 Å². The molecule has 1 aromatic rings. The zero-order chi connectivity index (χ0) is 14.8. The smallest absolute Gasteiger partial charge is 0.232 e. The summed E-state index contributed by atoms with van der Waals surface area (Å²) in [7, 11) is 1.71. The first-order valence-electron chi connectivity index (χ1n) is 6.35. The molecule has 0 saturated carbocycles. The standard InChI is InChI=1S/C13H16ClNO3S2/c1-2-19-12-6-4-3-5-11(12)15-8-10(7-13(15)16)9-20(14,17)18/h3-6,10H,2,7-9H2,1H3. The molecule has 0 radical (unpaired) electrons. The number of hydrogen-bond acceptors (Lipinski definition) is 4. The second kappa shape index (κ2) is 6.37. The molecule has 0 bridgehead atoms. The molecular formula is C13H16ClNO3S2. The van der Waals surface area contributed by atoms with Crippen LogP contribution in [-0.2, 0) is 13.8 Å². The number of carbonyl (C=O) groups excluding carboxylic acids is 1. The summed E-state index contributed by atoms with van der Waals surface area (Å²) >= 11 is 1.67. The molecule has 1 aliphatic rings. The van der Waals surface area contributed by atoms with Crippen molar-refractivity contribution in [2.24, 2.45) is 5.92 Å². The van der Waals surface area contributed by atoms with E-state index >= 15 is 0 Å². The van der Waals surface area contributed by atoms with Gasteiger partial charge in [-0.15, -0.1) is 11.8 Å². The fourth-order valence-electron chi connectivity index (χ4n) is 2.37. The number of hydrogen-bond donors (Lipinski definition) is 0. The third kappa shape index (κ3) is 3.90. The molecule has 0 N–H and O–H groups in total. The Bertz CT molecular complexity index is 603. The van der Waals surface area contributed by atoms with Crippen LogP contribution in [0.4, 0.5) is 5.69 Å². The molecule has 1 atom stereocenters. The molecule has 7 heteroatoms. The molecule has 1 saturated heterocycles. The third-order valence-electron chi connectivity index (χ3n) is 3.10. The molecule has 110 valence electrons. The van der Waals surface area contributed by atoms with Gasteiger partial charge in [0.1, 0.15) is 0 Å². The van der Waals surface area contributed by atoms with Crippen molar-refractivity contribution in [1.29, 1.82) is 0 Å². The van der Waals surface area contributed by atoms with E-state index in [1.54, 1.807) is 16.7 Å². The van der Waals surface area contributed by atoms with Crippen LogP contribution < -0.4 is 4.90 Å². The molecule has 2 rings (SSSR count). The first-order valence-corrected chi connectivity index (χ1v) is 9.81. The number of anilines is 1. The molecule has 1 unspecified atom stereocenters. The molecule has 1 aromatic carbocycles. The maximum absolute atomic E-state index is 12.1. The summed E-state index contributed by atoms with van der Waals surface area (Å²) in [5, 5.41) is 0. The SMILES string of the molecule is CCSc1ccccc1N1CC(CS(=O)(=O)Cl)CC1=O. The van der Waals surface area contributed by atoms with Crippen molar-refractivity contribution in [3.8, 4) is 0 Å². The lowest BCUT2D eigenvalue weighted by Crippen LogP contribution is -2.25. The van der Waals surface area contributed by atoms with Crippen LogP contribution in [0.1, 0.15) is 13.3 Å². The Kier molecular flexibility index (Phi) is 4.99. The van der Waals surface area contributed by atoms with E-state index in [1.807, 2.05) is 24.3 Å². The number of halogens is 1. The van der Waals surface area contributed by atoms with Crippen LogP contribution in [0.5, 0.6) is 0 Å². The lowest BCUT2D eigenvalue weighted by atomic mass is 10.1. The fraction of sp³-hybridized carbons (Fsp3) is 0.462. The average Bonchev–Trinajstić information content (AvgIpc) is 2.69. The van der Waals surface area contributed by atoms with Gasteiger partial charge in [-0.05, 0) is 17.9 Å². The highest BCUT2D eigenvalue weighted by molar-refractivity contribution is 8.13. The van der Waals surface area contributed by atoms with Crippen LogP contribution >= 0.6 is 22.4 Å². The minimum atomic E-state index is -3.57. The molecule has 0 aliphatic carbocycles. The van der Waals surface area contributed by atoms with E-state index in [4.69, 9.17) is 10.7 Å². The van der Waals surface area contributed by atoms with Gasteiger partial charge in [-0.1, -0.05) is 19.1 Å². The first-order chi connectivity index (χ1) is 9.40. The molecule has 4 nitrogen and oxygen atoms in total. The van der Waals surface area contributed by atoms with Gasteiger partial charge in [-0.3, -0.25) is 4.79 Å². The molecule has 1 amide bonds. The third-order valence-corrected chi connectivity index (χ3v) is 5.29. The van der Waals surface area contributed by atoms with Crippen LogP contribution in [0.15, 0.2) is 29.2 Å². The zero-order valence-electron chi connectivity index (χ0n) is 11.1. The van der Waals surface area contributed by atoms with E-state index in [-0.39, 0.29) is 24.0 Å². The predicted octanol–water partition coefficient (Wildman–Crippen LogP) is 2.72. The lowest BCUT2D eigenvalue weighted by Gasteiger charge is -2.19. The predicted molar refractivity (Wildman–Crippen MR) is 82.9 cm³/mol. The lowest BCUT2D eigenvalue weighted by molar-refractivity contribution is -0.117. The van der Waals surface area contributed by atoms with Gasteiger partial charge in [0.15, 0.2) is 0 Å². The number of thioether (sulfide) groups is 1. The molecule has 0 spiro atoms. The summed E-state index contributed by atoms with van der Waals surface area (Å²) in [6.45, 7) is 2.46. The van der Waals surface area contributed by atoms with Crippen LogP contribution in [0.2, 0.25) is 0 Å². The highest BCUT2D eigenvalue weighted by atomic mass is 35.7. The average molecular weight is 334 g/mol. The summed E-state index contributed by atoms with van der Waals surface area (Å²) in [5.41, 5.74) is 0.860. The van der Waals surface area contributed by atoms with Gasteiger partial charge < -0.3 is 4.90 Å². The maximum Gasteiger partial charge on any atom is 0.232 e. The summed E-state index contributed by atoms with van der Waals surface area (Å²) < 4.78 is 22.3. The van der Waals surface area contributed by atoms with Gasteiger partial charge in [0.2, 0.25) is 15.0 Å². The Balaban J connectivity index is 2.20. The number of rotatable bonds is 5. The van der Waals surface area contributed by atoms with Crippen LogP contribution in [0, 0.1) is 5.92 Å². The zero-order valence-corrected chi connectivity index (χ0v) is 13.5. The number of nitrogens with zero attached hydrogens (tertiary/aromatic N) is 1. The van der Waals surface area contributed by atoms with Crippen molar-refractivity contribution in [3.63, 3.8) is 0 Å². The van der Waals surface area contributed by atoms with E-state index in [9.17, 15) is 13.2 Å². The largest absolute Gasteiger partial charge is 0.311 e. The fourth-order valence-corrected chi connectivity index (χ4v) is 4.50. The van der Waals surface area contributed by atoms with Gasteiger partial charge in [-0.2, -0.15) is 0 Å². The van der Waals surface area contributed by atoms with Crippen LogP contribution in [0.3, 0.4) is 0 Å². The monoisotopic (exact) mass is 333 g/mol. The Morgan fingerprint density at radius 1 is 1.40 bits per heavy atom. The van der Waals surface area contributed by atoms with Gasteiger partial charge in [0.05, 0.1) is 11.4 Å². The summed E-state index contributed by atoms with van der Waals surface area (Å²) in [4.78, 5) is 14.8. The Labute approximate surface area is 127 Å². The highest BCUT2D eigenvalue weighted by Crippen LogP contribution is 2.34. The van der Waals surface area contributed by atoms with E-state index < -0.39 is 9.05 Å². The normalized spacial score (nSPS) is 19.6. The second-order valence-electron chi connectivity index (χ2n) is 4.68. The van der Waals surface area contributed by atoms with Gasteiger partial charge >= 0.3 is 0 Å². The van der Waals surface area contributed by atoms with Crippen molar-refractivity contribution >= 4 is 43.1 Å². The van der Waals surface area contributed by atoms with Crippen molar-refractivity contribution in [3.05, 3.63) is 24.3 Å². The molecular weight excluding hydrogens is 318 g/mol. The second-order valence-corrected chi connectivity index (χ2v) is 8.81. The minimum absolute atomic E-state index is 0.0422. The van der Waals surface area contributed by atoms with E-state index in [0.29, 0.717) is 6.54 Å². The number of para-hydroxylation sites is 1. The quantitative estimate of drug-likeness (QED) is 0.614. The van der Waals surface area contributed by atoms with E-state index in [1.165, 1.54) is 0 Å². The van der Waals surface area contributed by atoms with Crippen molar-refractivity contribution in [2.75, 3.05) is 23.0 Å². The Morgan fingerprint density at radius 2 is 2.10 bits per heavy atom. The number of amides is 1. The molecule has 1 fully saturated rings. The Hall–Kier alpha value is -0.720. The summed E-state index contributed by atoms with van der Waals surface area (Å²) in [6, 6.07) is 7.69. The topological polar surface area (TPSA) is 54.5 Å². The van der Waals surface area contributed by atoms with Crippen LogP contribution in [0.25, 0.3) is 0 Å². The van der Waals surface area contributed by atoms with Crippen molar-refractivity contribution in [2.45, 2.75) is 18.2 Å². The molecule has 0 aromatic heterocycles. The first kappa shape index (κ1) is 15.7. The molecule has 20 heavy (non-hydrogen) atoms. The maximum atomic E-state index is 12.1. The number of benzene rings is 1. The summed E-state index contributed by atoms with van der Waals surface area (Å²) in [5.74, 6) is 0.488. The van der Waals surface area contributed by atoms with E-state index in [2.05, 4.69) is 6.92 Å². The number of carbonyl (C=O) groups is 1. The van der Waals surface area contributed by atoms with Crippen molar-refractivity contribution < 1.29 is 13.2 Å². The van der Waals surface area contributed by atoms with Gasteiger partial charge in [0, 0.05) is 34.5 Å².